The molecular weight excluding hydrogens is 222 g/mol. The van der Waals surface area contributed by atoms with Crippen molar-refractivity contribution >= 4 is 17.7 Å². The van der Waals surface area contributed by atoms with E-state index in [-0.39, 0.29) is 0 Å². The highest BCUT2D eigenvalue weighted by Gasteiger charge is 2.45. The minimum Gasteiger partial charge on any atom is -0.481 e. The number of hydrogen-bond acceptors (Lipinski definition) is 3. The van der Waals surface area contributed by atoms with Gasteiger partial charge >= 0.3 is 5.97 Å². The van der Waals surface area contributed by atoms with Gasteiger partial charge in [0.2, 0.25) is 0 Å². The zero-order valence-electron chi connectivity index (χ0n) is 9.95. The van der Waals surface area contributed by atoms with Crippen LogP contribution >= 0.6 is 11.8 Å². The lowest BCUT2D eigenvalue weighted by atomic mass is 9.83. The zero-order chi connectivity index (χ0) is 11.6. The summed E-state index contributed by atoms with van der Waals surface area (Å²) < 4.78 is 0. The second-order valence-corrected chi connectivity index (χ2v) is 6.22. The van der Waals surface area contributed by atoms with Gasteiger partial charge in [0.05, 0.1) is 5.41 Å². The van der Waals surface area contributed by atoms with Crippen LogP contribution in [0.1, 0.15) is 32.6 Å². The van der Waals surface area contributed by atoms with Crippen LogP contribution in [0.2, 0.25) is 0 Å². The van der Waals surface area contributed by atoms with E-state index in [0.29, 0.717) is 6.04 Å². The molecule has 0 aromatic heterocycles. The molecule has 2 unspecified atom stereocenters. The molecule has 0 bridgehead atoms. The van der Waals surface area contributed by atoms with Gasteiger partial charge in [-0.1, -0.05) is 13.3 Å². The topological polar surface area (TPSA) is 40.5 Å². The lowest BCUT2D eigenvalue weighted by Crippen LogP contribution is -2.38. The third kappa shape index (κ3) is 2.23. The Kier molecular flexibility index (Phi) is 3.80. The van der Waals surface area contributed by atoms with Crippen LogP contribution in [0.25, 0.3) is 0 Å². The van der Waals surface area contributed by atoms with Crippen LogP contribution in [0.4, 0.5) is 0 Å². The highest BCUT2D eigenvalue weighted by Crippen LogP contribution is 2.38. The molecule has 0 radical (unpaired) electrons. The number of nitrogens with zero attached hydrogens (tertiary/aromatic N) is 1. The average Bonchev–Trinajstić information content (AvgIpc) is 2.84. The van der Waals surface area contributed by atoms with Gasteiger partial charge in [0.15, 0.2) is 0 Å². The number of hydrogen-bond donors (Lipinski definition) is 1. The Hall–Kier alpha value is -0.220. The maximum atomic E-state index is 11.4. The normalized spacial score (nSPS) is 35.7. The fourth-order valence-electron chi connectivity index (χ4n) is 2.99. The van der Waals surface area contributed by atoms with Crippen molar-refractivity contribution < 1.29 is 9.90 Å². The molecule has 92 valence electrons. The Morgan fingerprint density at radius 3 is 3.00 bits per heavy atom. The lowest BCUT2D eigenvalue weighted by molar-refractivity contribution is -0.148. The second kappa shape index (κ2) is 4.96. The van der Waals surface area contributed by atoms with Crippen LogP contribution in [0.15, 0.2) is 0 Å². The molecule has 0 amide bonds. The summed E-state index contributed by atoms with van der Waals surface area (Å²) in [5.41, 5.74) is -0.442. The van der Waals surface area contributed by atoms with Crippen molar-refractivity contribution in [1.82, 2.24) is 4.90 Å². The first kappa shape index (κ1) is 12.2. The molecule has 0 saturated carbocycles. The third-order valence-corrected chi connectivity index (χ3v) is 5.13. The smallest absolute Gasteiger partial charge is 0.310 e. The van der Waals surface area contributed by atoms with Crippen LogP contribution in [-0.2, 0) is 4.79 Å². The minimum absolute atomic E-state index is 0.442. The molecule has 0 aromatic carbocycles. The van der Waals surface area contributed by atoms with Crippen LogP contribution in [0, 0.1) is 5.41 Å². The monoisotopic (exact) mass is 243 g/mol. The van der Waals surface area contributed by atoms with Gasteiger partial charge in [0.25, 0.3) is 0 Å². The molecule has 2 rings (SSSR count). The largest absolute Gasteiger partial charge is 0.481 e. The summed E-state index contributed by atoms with van der Waals surface area (Å²) in [6.07, 6.45) is 3.89. The van der Waals surface area contributed by atoms with Crippen LogP contribution < -0.4 is 0 Å². The van der Waals surface area contributed by atoms with Gasteiger partial charge in [-0.15, -0.1) is 0 Å². The van der Waals surface area contributed by atoms with Gasteiger partial charge in [-0.2, -0.15) is 11.8 Å². The van der Waals surface area contributed by atoms with E-state index in [1.54, 1.807) is 0 Å². The van der Waals surface area contributed by atoms with E-state index >= 15 is 0 Å². The first-order valence-electron chi connectivity index (χ1n) is 6.23. The van der Waals surface area contributed by atoms with Crippen LogP contribution in [0.5, 0.6) is 0 Å². The first-order valence-corrected chi connectivity index (χ1v) is 7.38. The number of rotatable bonds is 4. The Labute approximate surface area is 102 Å². The highest BCUT2D eigenvalue weighted by atomic mass is 32.2. The van der Waals surface area contributed by atoms with Crippen LogP contribution in [0.3, 0.4) is 0 Å². The molecule has 0 aromatic rings. The molecule has 2 aliphatic rings. The maximum absolute atomic E-state index is 11.4. The molecule has 0 spiro atoms. The second-order valence-electron chi connectivity index (χ2n) is 5.07. The molecule has 2 aliphatic heterocycles. The maximum Gasteiger partial charge on any atom is 0.310 e. The highest BCUT2D eigenvalue weighted by molar-refractivity contribution is 7.99. The molecule has 1 N–H and O–H groups in total. The van der Waals surface area contributed by atoms with E-state index in [1.165, 1.54) is 17.9 Å². The van der Waals surface area contributed by atoms with E-state index in [4.69, 9.17) is 0 Å². The molecule has 3 nitrogen and oxygen atoms in total. The Morgan fingerprint density at radius 2 is 2.44 bits per heavy atom. The number of carbonyl (C=O) groups is 1. The molecule has 0 aliphatic carbocycles. The number of aliphatic carboxylic acids is 1. The van der Waals surface area contributed by atoms with Crippen molar-refractivity contribution in [3.8, 4) is 0 Å². The fourth-order valence-corrected chi connectivity index (χ4v) is 4.25. The van der Waals surface area contributed by atoms with Crippen molar-refractivity contribution in [3.05, 3.63) is 0 Å². The van der Waals surface area contributed by atoms with Crippen molar-refractivity contribution in [2.45, 2.75) is 38.6 Å². The SMILES string of the molecule is CCCC1(C(=O)O)CCN(C2CCSC2)C1. The predicted molar refractivity (Wildman–Crippen MR) is 66.9 cm³/mol. The van der Waals surface area contributed by atoms with Crippen LogP contribution in [-0.4, -0.2) is 46.6 Å². The third-order valence-electron chi connectivity index (χ3n) is 3.99. The Morgan fingerprint density at radius 1 is 1.62 bits per heavy atom. The van der Waals surface area contributed by atoms with E-state index in [0.717, 1.165) is 32.4 Å². The average molecular weight is 243 g/mol. The van der Waals surface area contributed by atoms with Gasteiger partial charge in [0.1, 0.15) is 0 Å². The minimum atomic E-state index is -0.581. The van der Waals surface area contributed by atoms with E-state index in [2.05, 4.69) is 11.8 Å². The molecule has 2 fully saturated rings. The van der Waals surface area contributed by atoms with Gasteiger partial charge in [0, 0.05) is 18.3 Å². The summed E-state index contributed by atoms with van der Waals surface area (Å²) in [5, 5.41) is 9.42. The van der Waals surface area contributed by atoms with Gasteiger partial charge in [-0.3, -0.25) is 9.69 Å². The number of carboxylic acid groups (broad SMARTS) is 1. The predicted octanol–water partition coefficient (Wildman–Crippen LogP) is 2.07. The van der Waals surface area contributed by atoms with Crippen molar-refractivity contribution in [2.75, 3.05) is 24.6 Å². The zero-order valence-corrected chi connectivity index (χ0v) is 10.8. The standard InChI is InChI=1S/C12H21NO2S/c1-2-4-12(11(14)15)5-6-13(9-12)10-3-7-16-8-10/h10H,2-9H2,1H3,(H,14,15). The fraction of sp³-hybridized carbons (Fsp3) is 0.917. The number of thioether (sulfide) groups is 1. The van der Waals surface area contributed by atoms with Gasteiger partial charge in [-0.05, 0) is 31.6 Å². The molecule has 2 heterocycles. The lowest BCUT2D eigenvalue weighted by Gasteiger charge is -2.27. The van der Waals surface area contributed by atoms with E-state index in [9.17, 15) is 9.90 Å². The summed E-state index contributed by atoms with van der Waals surface area (Å²) >= 11 is 2.00. The van der Waals surface area contributed by atoms with Crippen molar-refractivity contribution in [2.24, 2.45) is 5.41 Å². The molecule has 4 heteroatoms. The first-order chi connectivity index (χ1) is 7.68. The molecule has 16 heavy (non-hydrogen) atoms. The van der Waals surface area contributed by atoms with Crippen molar-refractivity contribution in [3.63, 3.8) is 0 Å². The summed E-state index contributed by atoms with van der Waals surface area (Å²) in [5.74, 6) is 1.86. The number of carboxylic acids is 1. The molecule has 2 saturated heterocycles. The summed E-state index contributed by atoms with van der Waals surface area (Å²) in [6.45, 7) is 3.84. The Bertz CT molecular complexity index is 266. The van der Waals surface area contributed by atoms with Crippen molar-refractivity contribution in [1.29, 1.82) is 0 Å². The molecule has 2 atom stereocenters. The Balaban J connectivity index is 2.00. The quantitative estimate of drug-likeness (QED) is 0.820. The van der Waals surface area contributed by atoms with E-state index in [1.807, 2.05) is 11.8 Å². The van der Waals surface area contributed by atoms with Gasteiger partial charge in [-0.25, -0.2) is 0 Å². The van der Waals surface area contributed by atoms with E-state index < -0.39 is 11.4 Å². The van der Waals surface area contributed by atoms with Gasteiger partial charge < -0.3 is 5.11 Å². The summed E-state index contributed by atoms with van der Waals surface area (Å²) in [7, 11) is 0. The summed E-state index contributed by atoms with van der Waals surface area (Å²) in [4.78, 5) is 13.9. The molecular formula is C12H21NO2S. The summed E-state index contributed by atoms with van der Waals surface area (Å²) in [6, 6.07) is 0.642. The number of likely N-dealkylation sites (tertiary alicyclic amines) is 1.